The molecular weight excluding hydrogens is 267 g/mol. The third-order valence-electron chi connectivity index (χ3n) is 3.53. The number of benzene rings is 1. The van der Waals surface area contributed by atoms with Gasteiger partial charge in [-0.15, -0.1) is 0 Å². The lowest BCUT2D eigenvalue weighted by Crippen LogP contribution is -2.45. The molecular formula is C14H20Cl2N2. The van der Waals surface area contributed by atoms with E-state index in [0.717, 1.165) is 19.6 Å². The van der Waals surface area contributed by atoms with Crippen molar-refractivity contribution >= 4 is 23.2 Å². The summed E-state index contributed by atoms with van der Waals surface area (Å²) in [6.07, 6.45) is 2.55. The summed E-state index contributed by atoms with van der Waals surface area (Å²) >= 11 is 11.9. The molecule has 0 aliphatic carbocycles. The Bertz CT molecular complexity index is 395. The summed E-state index contributed by atoms with van der Waals surface area (Å²) in [5.74, 6) is 0. The zero-order valence-electron chi connectivity index (χ0n) is 10.8. The first-order valence-corrected chi connectivity index (χ1v) is 7.34. The first-order chi connectivity index (χ1) is 8.69. The molecule has 2 rings (SSSR count). The predicted molar refractivity (Wildman–Crippen MR) is 78.4 cm³/mol. The smallest absolute Gasteiger partial charge is 0.0595 e. The van der Waals surface area contributed by atoms with E-state index in [1.807, 2.05) is 18.2 Å². The van der Waals surface area contributed by atoms with Crippen LogP contribution in [0.1, 0.15) is 25.3 Å². The molecule has 1 saturated heterocycles. The number of likely N-dealkylation sites (N-methyl/N-ethyl adjacent to an activating group) is 1. The van der Waals surface area contributed by atoms with E-state index < -0.39 is 0 Å². The number of likely N-dealkylation sites (tertiary alicyclic amines) is 1. The van der Waals surface area contributed by atoms with Gasteiger partial charge in [-0.05, 0) is 43.6 Å². The number of piperidine rings is 1. The number of hydrogen-bond acceptors (Lipinski definition) is 2. The van der Waals surface area contributed by atoms with E-state index in [2.05, 4.69) is 17.1 Å². The van der Waals surface area contributed by atoms with E-state index in [9.17, 15) is 0 Å². The first-order valence-electron chi connectivity index (χ1n) is 6.58. The first kappa shape index (κ1) is 14.1. The summed E-state index contributed by atoms with van der Waals surface area (Å²) in [4.78, 5) is 2.50. The van der Waals surface area contributed by atoms with Crippen LogP contribution >= 0.6 is 23.2 Å². The zero-order valence-corrected chi connectivity index (χ0v) is 12.3. The van der Waals surface area contributed by atoms with Crippen LogP contribution in [0.4, 0.5) is 0 Å². The van der Waals surface area contributed by atoms with Gasteiger partial charge in [0.15, 0.2) is 0 Å². The number of halogens is 2. The van der Waals surface area contributed by atoms with Crippen molar-refractivity contribution < 1.29 is 0 Å². The zero-order chi connectivity index (χ0) is 13.0. The third kappa shape index (κ3) is 3.86. The molecule has 1 atom stereocenters. The molecule has 1 aliphatic heterocycles. The summed E-state index contributed by atoms with van der Waals surface area (Å²) < 4.78 is 0. The molecule has 1 aromatic carbocycles. The van der Waals surface area contributed by atoms with Crippen molar-refractivity contribution in [1.82, 2.24) is 10.2 Å². The molecule has 100 valence electrons. The van der Waals surface area contributed by atoms with Crippen molar-refractivity contribution in [3.05, 3.63) is 33.8 Å². The number of nitrogens with one attached hydrogen (secondary N) is 1. The van der Waals surface area contributed by atoms with Crippen molar-refractivity contribution in [3.8, 4) is 0 Å². The molecule has 1 aromatic rings. The molecule has 0 radical (unpaired) electrons. The number of hydrogen-bond donors (Lipinski definition) is 1. The van der Waals surface area contributed by atoms with Gasteiger partial charge in [-0.25, -0.2) is 0 Å². The van der Waals surface area contributed by atoms with Crippen molar-refractivity contribution in [3.63, 3.8) is 0 Å². The minimum atomic E-state index is 0.591. The maximum atomic E-state index is 6.01. The van der Waals surface area contributed by atoms with Gasteiger partial charge in [0.05, 0.1) is 10.0 Å². The lowest BCUT2D eigenvalue weighted by Gasteiger charge is -2.32. The van der Waals surface area contributed by atoms with Crippen LogP contribution < -0.4 is 5.32 Å². The Hall–Kier alpha value is -0.280. The van der Waals surface area contributed by atoms with Crippen molar-refractivity contribution in [2.24, 2.45) is 0 Å². The van der Waals surface area contributed by atoms with E-state index in [-0.39, 0.29) is 0 Å². The molecule has 0 aromatic heterocycles. The van der Waals surface area contributed by atoms with Gasteiger partial charge < -0.3 is 10.2 Å². The highest BCUT2D eigenvalue weighted by atomic mass is 35.5. The molecule has 1 unspecified atom stereocenters. The highest BCUT2D eigenvalue weighted by molar-refractivity contribution is 6.42. The standard InChI is InChI=1S/C14H20Cl2N2/c1-2-18-7-3-4-12(10-18)17-9-11-5-6-13(15)14(16)8-11/h5-6,8,12,17H,2-4,7,9-10H2,1H3. The lowest BCUT2D eigenvalue weighted by atomic mass is 10.1. The molecule has 4 heteroatoms. The van der Waals surface area contributed by atoms with E-state index in [4.69, 9.17) is 23.2 Å². The maximum absolute atomic E-state index is 6.01. The van der Waals surface area contributed by atoms with Crippen molar-refractivity contribution in [1.29, 1.82) is 0 Å². The molecule has 1 N–H and O–H groups in total. The van der Waals surface area contributed by atoms with Crippen LogP contribution in [0.2, 0.25) is 10.0 Å². The van der Waals surface area contributed by atoms with Gasteiger partial charge in [-0.1, -0.05) is 36.2 Å². The molecule has 18 heavy (non-hydrogen) atoms. The monoisotopic (exact) mass is 286 g/mol. The molecule has 1 heterocycles. The molecule has 1 aliphatic rings. The Labute approximate surface area is 119 Å². The normalized spacial score (nSPS) is 21.2. The van der Waals surface area contributed by atoms with Gasteiger partial charge in [-0.3, -0.25) is 0 Å². The van der Waals surface area contributed by atoms with Crippen LogP contribution in [0.3, 0.4) is 0 Å². The van der Waals surface area contributed by atoms with Gasteiger partial charge in [0.2, 0.25) is 0 Å². The van der Waals surface area contributed by atoms with E-state index in [1.165, 1.54) is 24.9 Å². The van der Waals surface area contributed by atoms with Crippen LogP contribution in [0.15, 0.2) is 18.2 Å². The largest absolute Gasteiger partial charge is 0.309 e. The second-order valence-corrected chi connectivity index (χ2v) is 5.68. The summed E-state index contributed by atoms with van der Waals surface area (Å²) in [5.41, 5.74) is 1.19. The fourth-order valence-corrected chi connectivity index (χ4v) is 2.74. The predicted octanol–water partition coefficient (Wildman–Crippen LogP) is 3.57. The van der Waals surface area contributed by atoms with Crippen LogP contribution in [0, 0.1) is 0 Å². The lowest BCUT2D eigenvalue weighted by molar-refractivity contribution is 0.198. The van der Waals surface area contributed by atoms with Crippen LogP contribution in [-0.4, -0.2) is 30.6 Å². The van der Waals surface area contributed by atoms with Gasteiger partial charge in [0.25, 0.3) is 0 Å². The van der Waals surface area contributed by atoms with Gasteiger partial charge in [0, 0.05) is 19.1 Å². The Morgan fingerprint density at radius 1 is 1.33 bits per heavy atom. The highest BCUT2D eigenvalue weighted by Gasteiger charge is 2.17. The number of nitrogens with zero attached hydrogens (tertiary/aromatic N) is 1. The van der Waals surface area contributed by atoms with Crippen LogP contribution in [0.5, 0.6) is 0 Å². The Morgan fingerprint density at radius 2 is 2.17 bits per heavy atom. The minimum Gasteiger partial charge on any atom is -0.309 e. The second-order valence-electron chi connectivity index (χ2n) is 4.86. The Morgan fingerprint density at radius 3 is 2.89 bits per heavy atom. The van der Waals surface area contributed by atoms with Gasteiger partial charge in [-0.2, -0.15) is 0 Å². The van der Waals surface area contributed by atoms with Crippen molar-refractivity contribution in [2.75, 3.05) is 19.6 Å². The fraction of sp³-hybridized carbons (Fsp3) is 0.571. The second kappa shape index (κ2) is 6.76. The third-order valence-corrected chi connectivity index (χ3v) is 4.27. The fourth-order valence-electron chi connectivity index (χ4n) is 2.42. The van der Waals surface area contributed by atoms with E-state index in [0.29, 0.717) is 16.1 Å². The van der Waals surface area contributed by atoms with Crippen LogP contribution in [0.25, 0.3) is 0 Å². The topological polar surface area (TPSA) is 15.3 Å². The molecule has 0 amide bonds. The summed E-state index contributed by atoms with van der Waals surface area (Å²) in [6, 6.07) is 6.42. The van der Waals surface area contributed by atoms with Crippen LogP contribution in [-0.2, 0) is 6.54 Å². The molecule has 1 fully saturated rings. The SMILES string of the molecule is CCN1CCCC(NCc2ccc(Cl)c(Cl)c2)C1. The average Bonchev–Trinajstić information content (AvgIpc) is 2.40. The van der Waals surface area contributed by atoms with E-state index >= 15 is 0 Å². The minimum absolute atomic E-state index is 0.591. The summed E-state index contributed by atoms with van der Waals surface area (Å²) in [5, 5.41) is 4.86. The molecule has 0 saturated carbocycles. The van der Waals surface area contributed by atoms with E-state index in [1.54, 1.807) is 0 Å². The quantitative estimate of drug-likeness (QED) is 0.910. The average molecular weight is 287 g/mol. The Kier molecular flexibility index (Phi) is 5.31. The Balaban J connectivity index is 1.85. The summed E-state index contributed by atoms with van der Waals surface area (Å²) in [6.45, 7) is 6.62. The highest BCUT2D eigenvalue weighted by Crippen LogP contribution is 2.22. The number of rotatable bonds is 4. The maximum Gasteiger partial charge on any atom is 0.0595 e. The van der Waals surface area contributed by atoms with Gasteiger partial charge >= 0.3 is 0 Å². The van der Waals surface area contributed by atoms with Crippen molar-refractivity contribution in [2.45, 2.75) is 32.4 Å². The molecule has 0 spiro atoms. The summed E-state index contributed by atoms with van der Waals surface area (Å²) in [7, 11) is 0. The molecule has 2 nitrogen and oxygen atoms in total. The van der Waals surface area contributed by atoms with Gasteiger partial charge in [0.1, 0.15) is 0 Å². The molecule has 0 bridgehead atoms.